The van der Waals surface area contributed by atoms with E-state index >= 15 is 0 Å². The predicted molar refractivity (Wildman–Crippen MR) is 130 cm³/mol. The number of halogens is 1. The molecule has 9 nitrogen and oxygen atoms in total. The van der Waals surface area contributed by atoms with Crippen molar-refractivity contribution in [2.45, 2.75) is 19.4 Å². The van der Waals surface area contributed by atoms with Crippen molar-refractivity contribution in [1.82, 2.24) is 4.90 Å². The van der Waals surface area contributed by atoms with E-state index in [9.17, 15) is 23.6 Å². The van der Waals surface area contributed by atoms with Crippen LogP contribution in [0.15, 0.2) is 66.7 Å². The third kappa shape index (κ3) is 10.1. The van der Waals surface area contributed by atoms with E-state index < -0.39 is 29.8 Å². The van der Waals surface area contributed by atoms with Gasteiger partial charge in [0.2, 0.25) is 5.78 Å². The number of para-hydroxylation sites is 1. The number of piperazine rings is 1. The summed E-state index contributed by atoms with van der Waals surface area (Å²) < 4.78 is 18.4. The van der Waals surface area contributed by atoms with E-state index in [0.29, 0.717) is 30.7 Å². The summed E-state index contributed by atoms with van der Waals surface area (Å²) in [7, 11) is 0. The van der Waals surface area contributed by atoms with Crippen LogP contribution in [0.25, 0.3) is 0 Å². The molecule has 2 N–H and O–H groups in total. The molecule has 36 heavy (non-hydrogen) atoms. The molecular weight excluding hydrogens is 471 g/mol. The summed E-state index contributed by atoms with van der Waals surface area (Å²) in [5.41, 5.74) is 1.56. The van der Waals surface area contributed by atoms with E-state index in [1.165, 1.54) is 36.9 Å². The molecule has 2 aromatic carbocycles. The van der Waals surface area contributed by atoms with Crippen LogP contribution >= 0.6 is 0 Å². The zero-order valence-electron chi connectivity index (χ0n) is 19.9. The SMILES string of the molecule is CC(=O)OC(CCN1CCN(c2ccccc2)CC1)C(=O)c1ccc(F)cc1.O=C(O)/C=C\C(=O)O. The lowest BCUT2D eigenvalue weighted by Crippen LogP contribution is -2.47. The Kier molecular flexibility index (Phi) is 11.3. The molecule has 1 atom stereocenters. The first kappa shape index (κ1) is 28.2. The Bertz CT molecular complexity index is 1030. The summed E-state index contributed by atoms with van der Waals surface area (Å²) in [5.74, 6) is -3.70. The Morgan fingerprint density at radius 2 is 1.47 bits per heavy atom. The van der Waals surface area contributed by atoms with Crippen LogP contribution in [0.2, 0.25) is 0 Å². The largest absolute Gasteiger partial charge is 0.478 e. The number of benzene rings is 2. The molecule has 1 saturated heterocycles. The van der Waals surface area contributed by atoms with Crippen LogP contribution in [0.5, 0.6) is 0 Å². The van der Waals surface area contributed by atoms with Crippen molar-refractivity contribution < 1.29 is 38.5 Å². The van der Waals surface area contributed by atoms with Gasteiger partial charge in [0.15, 0.2) is 6.10 Å². The molecule has 0 amide bonds. The second-order valence-corrected chi connectivity index (χ2v) is 7.93. The minimum atomic E-state index is -1.26. The first-order chi connectivity index (χ1) is 17.2. The maximum Gasteiger partial charge on any atom is 0.328 e. The van der Waals surface area contributed by atoms with Gasteiger partial charge in [-0.1, -0.05) is 18.2 Å². The van der Waals surface area contributed by atoms with E-state index in [1.54, 1.807) is 0 Å². The summed E-state index contributed by atoms with van der Waals surface area (Å²) in [6.45, 7) is 5.54. The monoisotopic (exact) mass is 500 g/mol. The third-order valence-electron chi connectivity index (χ3n) is 5.30. The van der Waals surface area contributed by atoms with Gasteiger partial charge in [-0.05, 0) is 36.4 Å². The van der Waals surface area contributed by atoms with Crippen LogP contribution in [0.1, 0.15) is 23.7 Å². The number of hydrogen-bond donors (Lipinski definition) is 2. The Morgan fingerprint density at radius 3 is 1.97 bits per heavy atom. The molecule has 1 unspecified atom stereocenters. The van der Waals surface area contributed by atoms with Gasteiger partial charge in [-0.15, -0.1) is 0 Å². The van der Waals surface area contributed by atoms with Crippen molar-refractivity contribution in [1.29, 1.82) is 0 Å². The molecule has 3 rings (SSSR count). The number of Topliss-reactive ketones (excluding diaryl/α,β-unsaturated/α-hetero) is 1. The molecule has 0 bridgehead atoms. The molecule has 10 heteroatoms. The number of esters is 1. The molecule has 2 aromatic rings. The highest BCUT2D eigenvalue weighted by atomic mass is 19.1. The van der Waals surface area contributed by atoms with Crippen LogP contribution in [-0.2, 0) is 19.1 Å². The molecule has 0 radical (unpaired) electrons. The van der Waals surface area contributed by atoms with Gasteiger partial charge >= 0.3 is 17.9 Å². The zero-order valence-corrected chi connectivity index (χ0v) is 19.9. The van der Waals surface area contributed by atoms with E-state index in [2.05, 4.69) is 21.9 Å². The molecular formula is C26H29FN2O7. The molecule has 1 aliphatic rings. The smallest absolute Gasteiger partial charge is 0.328 e. The van der Waals surface area contributed by atoms with Gasteiger partial charge in [-0.25, -0.2) is 14.0 Å². The van der Waals surface area contributed by atoms with Gasteiger partial charge in [0.1, 0.15) is 5.82 Å². The Balaban J connectivity index is 0.000000493. The number of carbonyl (C=O) groups is 4. The summed E-state index contributed by atoms with van der Waals surface area (Å²) >= 11 is 0. The summed E-state index contributed by atoms with van der Waals surface area (Å²) in [4.78, 5) is 47.8. The van der Waals surface area contributed by atoms with Gasteiger partial charge in [0.25, 0.3) is 0 Å². The second-order valence-electron chi connectivity index (χ2n) is 7.93. The number of rotatable bonds is 9. The lowest BCUT2D eigenvalue weighted by molar-refractivity contribution is -0.144. The maximum atomic E-state index is 13.1. The molecule has 1 aliphatic heterocycles. The van der Waals surface area contributed by atoms with E-state index in [-0.39, 0.29) is 5.78 Å². The van der Waals surface area contributed by atoms with E-state index in [1.807, 2.05) is 18.2 Å². The fourth-order valence-corrected chi connectivity index (χ4v) is 3.55. The standard InChI is InChI=1S/C22H25FN2O3.C4H4O4/c1-17(26)28-21(22(27)18-7-9-19(23)10-8-18)11-12-24-13-15-25(16-14-24)20-5-3-2-4-6-20;5-3(6)1-2-4(7)8/h2-10,21H,11-16H2,1H3;1-2H,(H,5,6)(H,7,8)/b;2-1-. The predicted octanol–water partition coefficient (Wildman–Crippen LogP) is 2.86. The highest BCUT2D eigenvalue weighted by Crippen LogP contribution is 2.17. The number of anilines is 1. The number of carboxylic acids is 2. The summed E-state index contributed by atoms with van der Waals surface area (Å²) in [6, 6.07) is 15.6. The van der Waals surface area contributed by atoms with Gasteiger partial charge in [-0.2, -0.15) is 0 Å². The third-order valence-corrected chi connectivity index (χ3v) is 5.30. The quantitative estimate of drug-likeness (QED) is 0.304. The van der Waals surface area contributed by atoms with E-state index in [4.69, 9.17) is 14.9 Å². The molecule has 0 aromatic heterocycles. The first-order valence-corrected chi connectivity index (χ1v) is 11.3. The fourth-order valence-electron chi connectivity index (χ4n) is 3.55. The number of carbonyl (C=O) groups excluding carboxylic acids is 2. The van der Waals surface area contributed by atoms with Crippen LogP contribution < -0.4 is 4.90 Å². The lowest BCUT2D eigenvalue weighted by atomic mass is 10.0. The van der Waals surface area contributed by atoms with Crippen LogP contribution in [0, 0.1) is 5.82 Å². The fraction of sp³-hybridized carbons (Fsp3) is 0.308. The normalized spacial score (nSPS) is 14.4. The van der Waals surface area contributed by atoms with Crippen molar-refractivity contribution >= 4 is 29.4 Å². The Morgan fingerprint density at radius 1 is 0.917 bits per heavy atom. The second kappa shape index (κ2) is 14.4. The van der Waals surface area contributed by atoms with Crippen LogP contribution in [0.3, 0.4) is 0 Å². The highest BCUT2D eigenvalue weighted by molar-refractivity contribution is 6.00. The number of ketones is 1. The minimum absolute atomic E-state index is 0.293. The Hall–Kier alpha value is -4.05. The number of hydrogen-bond acceptors (Lipinski definition) is 7. The number of nitrogens with zero attached hydrogens (tertiary/aromatic N) is 2. The first-order valence-electron chi connectivity index (χ1n) is 11.3. The van der Waals surface area contributed by atoms with Gasteiger partial charge in [0, 0.05) is 69.5 Å². The Labute approximate surface area is 208 Å². The highest BCUT2D eigenvalue weighted by Gasteiger charge is 2.25. The number of ether oxygens (including phenoxy) is 1. The summed E-state index contributed by atoms with van der Waals surface area (Å²) in [6.07, 6.45) is 0.682. The zero-order chi connectivity index (χ0) is 26.5. The van der Waals surface area contributed by atoms with Crippen molar-refractivity contribution in [3.8, 4) is 0 Å². The molecule has 0 aliphatic carbocycles. The lowest BCUT2D eigenvalue weighted by Gasteiger charge is -2.36. The summed E-state index contributed by atoms with van der Waals surface area (Å²) in [5, 5.41) is 15.6. The maximum absolute atomic E-state index is 13.1. The average molecular weight is 501 g/mol. The van der Waals surface area contributed by atoms with Crippen LogP contribution in [0.4, 0.5) is 10.1 Å². The van der Waals surface area contributed by atoms with E-state index in [0.717, 1.165) is 26.2 Å². The van der Waals surface area contributed by atoms with Gasteiger partial charge in [-0.3, -0.25) is 14.5 Å². The molecule has 1 heterocycles. The van der Waals surface area contributed by atoms with Crippen molar-refractivity contribution in [2.24, 2.45) is 0 Å². The van der Waals surface area contributed by atoms with Crippen molar-refractivity contribution in [3.05, 3.63) is 78.1 Å². The topological polar surface area (TPSA) is 124 Å². The molecule has 0 spiro atoms. The van der Waals surface area contributed by atoms with Gasteiger partial charge in [0.05, 0.1) is 0 Å². The number of aliphatic carboxylic acids is 2. The minimum Gasteiger partial charge on any atom is -0.478 e. The van der Waals surface area contributed by atoms with Crippen molar-refractivity contribution in [2.75, 3.05) is 37.6 Å². The molecule has 1 fully saturated rings. The van der Waals surface area contributed by atoms with Gasteiger partial charge < -0.3 is 19.8 Å². The molecule has 0 saturated carbocycles. The van der Waals surface area contributed by atoms with Crippen LogP contribution in [-0.4, -0.2) is 77.6 Å². The number of carboxylic acid groups (broad SMARTS) is 2. The molecule has 192 valence electrons. The van der Waals surface area contributed by atoms with Crippen molar-refractivity contribution in [3.63, 3.8) is 0 Å². The average Bonchev–Trinajstić information content (AvgIpc) is 2.86.